The molecule has 2 unspecified atom stereocenters. The van der Waals surface area contributed by atoms with Crippen LogP contribution in [0.5, 0.6) is 5.75 Å². The van der Waals surface area contributed by atoms with Gasteiger partial charge >= 0.3 is 0 Å². The van der Waals surface area contributed by atoms with Gasteiger partial charge in [-0.05, 0) is 13.0 Å². The summed E-state index contributed by atoms with van der Waals surface area (Å²) in [4.78, 5) is 4.48. The third kappa shape index (κ3) is 2.13. The van der Waals surface area contributed by atoms with Crippen molar-refractivity contribution in [3.05, 3.63) is 45.9 Å². The molecule has 2 atom stereocenters. The summed E-state index contributed by atoms with van der Waals surface area (Å²) in [5, 5.41) is 3.19. The molecule has 0 amide bonds. The SMILES string of the molecule is Cc1csc(CC(N)C2COc3ccccc32)n1. The summed E-state index contributed by atoms with van der Waals surface area (Å²) in [6.07, 6.45) is 0.820. The lowest BCUT2D eigenvalue weighted by Crippen LogP contribution is -2.31. The Kier molecular flexibility index (Phi) is 3.06. The molecular weight excluding hydrogens is 244 g/mol. The number of para-hydroxylation sites is 1. The topological polar surface area (TPSA) is 48.1 Å². The second-order valence-corrected chi connectivity index (χ2v) is 5.65. The van der Waals surface area contributed by atoms with E-state index in [2.05, 4.69) is 16.4 Å². The quantitative estimate of drug-likeness (QED) is 0.922. The minimum Gasteiger partial charge on any atom is -0.493 e. The molecule has 0 aliphatic carbocycles. The molecule has 0 bridgehead atoms. The zero-order valence-electron chi connectivity index (χ0n) is 10.3. The maximum absolute atomic E-state index is 6.32. The van der Waals surface area contributed by atoms with E-state index in [1.807, 2.05) is 25.1 Å². The molecule has 0 saturated carbocycles. The maximum Gasteiger partial charge on any atom is 0.122 e. The Morgan fingerprint density at radius 2 is 2.33 bits per heavy atom. The Balaban J connectivity index is 1.76. The van der Waals surface area contributed by atoms with Crippen molar-refractivity contribution >= 4 is 11.3 Å². The molecule has 1 aromatic heterocycles. The lowest BCUT2D eigenvalue weighted by molar-refractivity contribution is 0.313. The molecule has 0 spiro atoms. The highest BCUT2D eigenvalue weighted by molar-refractivity contribution is 7.09. The zero-order valence-corrected chi connectivity index (χ0v) is 11.1. The van der Waals surface area contributed by atoms with Crippen LogP contribution in [0.4, 0.5) is 0 Å². The van der Waals surface area contributed by atoms with Crippen LogP contribution in [-0.2, 0) is 6.42 Å². The van der Waals surface area contributed by atoms with Crippen LogP contribution in [0.25, 0.3) is 0 Å². The van der Waals surface area contributed by atoms with Crippen molar-refractivity contribution in [1.29, 1.82) is 0 Å². The predicted molar refractivity (Wildman–Crippen MR) is 73.2 cm³/mol. The molecule has 0 fully saturated rings. The third-order valence-corrected chi connectivity index (χ3v) is 4.32. The first-order chi connectivity index (χ1) is 8.74. The van der Waals surface area contributed by atoms with Crippen molar-refractivity contribution in [3.8, 4) is 5.75 Å². The van der Waals surface area contributed by atoms with Crippen LogP contribution in [0.2, 0.25) is 0 Å². The van der Waals surface area contributed by atoms with Crippen LogP contribution in [-0.4, -0.2) is 17.6 Å². The van der Waals surface area contributed by atoms with Crippen LogP contribution >= 0.6 is 11.3 Å². The number of thiazole rings is 1. The van der Waals surface area contributed by atoms with Gasteiger partial charge in [-0.1, -0.05) is 18.2 Å². The standard InChI is InChI=1S/C14H16N2OS/c1-9-8-18-14(16-9)6-12(15)11-7-17-13-5-3-2-4-10(11)13/h2-5,8,11-12H,6-7,15H2,1H3. The minimum absolute atomic E-state index is 0.0687. The predicted octanol–water partition coefficient (Wildman–Crippen LogP) is 2.50. The van der Waals surface area contributed by atoms with E-state index < -0.39 is 0 Å². The summed E-state index contributed by atoms with van der Waals surface area (Å²) in [6, 6.07) is 8.23. The lowest BCUT2D eigenvalue weighted by Gasteiger charge is -2.16. The molecular formula is C14H16N2OS. The molecule has 2 heterocycles. The van der Waals surface area contributed by atoms with Crippen molar-refractivity contribution in [3.63, 3.8) is 0 Å². The van der Waals surface area contributed by atoms with Gasteiger partial charge in [-0.3, -0.25) is 0 Å². The lowest BCUT2D eigenvalue weighted by atomic mass is 9.92. The van der Waals surface area contributed by atoms with Gasteiger partial charge in [0, 0.05) is 35.0 Å². The normalized spacial score (nSPS) is 19.3. The molecule has 2 aromatic rings. The van der Waals surface area contributed by atoms with Gasteiger partial charge in [-0.2, -0.15) is 0 Å². The smallest absolute Gasteiger partial charge is 0.122 e. The molecule has 1 aliphatic rings. The molecule has 1 aromatic carbocycles. The summed E-state index contributed by atoms with van der Waals surface area (Å²) >= 11 is 1.69. The van der Waals surface area contributed by atoms with Gasteiger partial charge in [-0.15, -0.1) is 11.3 Å². The molecule has 2 N–H and O–H groups in total. The zero-order chi connectivity index (χ0) is 12.5. The van der Waals surface area contributed by atoms with E-state index in [0.29, 0.717) is 6.61 Å². The minimum atomic E-state index is 0.0687. The first-order valence-corrected chi connectivity index (χ1v) is 7.00. The van der Waals surface area contributed by atoms with E-state index in [0.717, 1.165) is 22.9 Å². The summed E-state index contributed by atoms with van der Waals surface area (Å²) < 4.78 is 5.68. The summed E-state index contributed by atoms with van der Waals surface area (Å²) in [5.74, 6) is 1.26. The number of benzene rings is 1. The number of hydrogen-bond acceptors (Lipinski definition) is 4. The van der Waals surface area contributed by atoms with Crippen molar-refractivity contribution < 1.29 is 4.74 Å². The fourth-order valence-electron chi connectivity index (χ4n) is 2.38. The molecule has 4 heteroatoms. The fraction of sp³-hybridized carbons (Fsp3) is 0.357. The number of nitrogens with zero attached hydrogens (tertiary/aromatic N) is 1. The van der Waals surface area contributed by atoms with Gasteiger partial charge < -0.3 is 10.5 Å². The van der Waals surface area contributed by atoms with Crippen LogP contribution in [0.1, 0.15) is 22.2 Å². The van der Waals surface area contributed by atoms with E-state index in [1.165, 1.54) is 5.56 Å². The molecule has 3 nitrogen and oxygen atoms in total. The largest absolute Gasteiger partial charge is 0.493 e. The number of ether oxygens (including phenoxy) is 1. The highest BCUT2D eigenvalue weighted by atomic mass is 32.1. The van der Waals surface area contributed by atoms with Gasteiger partial charge in [-0.25, -0.2) is 4.98 Å². The van der Waals surface area contributed by atoms with Gasteiger partial charge in [0.15, 0.2) is 0 Å². The average Bonchev–Trinajstić information content (AvgIpc) is 2.95. The summed E-state index contributed by atoms with van der Waals surface area (Å²) in [6.45, 7) is 2.70. The van der Waals surface area contributed by atoms with Crippen molar-refractivity contribution in [1.82, 2.24) is 4.98 Å². The Morgan fingerprint density at radius 3 is 3.11 bits per heavy atom. The number of rotatable bonds is 3. The molecule has 3 rings (SSSR count). The summed E-state index contributed by atoms with van der Waals surface area (Å²) in [5.41, 5.74) is 8.63. The number of hydrogen-bond donors (Lipinski definition) is 1. The van der Waals surface area contributed by atoms with Gasteiger partial charge in [0.25, 0.3) is 0 Å². The molecule has 18 heavy (non-hydrogen) atoms. The number of aromatic nitrogens is 1. The van der Waals surface area contributed by atoms with E-state index in [9.17, 15) is 0 Å². The van der Waals surface area contributed by atoms with E-state index in [4.69, 9.17) is 10.5 Å². The van der Waals surface area contributed by atoms with Crippen LogP contribution in [0.15, 0.2) is 29.6 Å². The second kappa shape index (κ2) is 4.71. The van der Waals surface area contributed by atoms with E-state index >= 15 is 0 Å². The van der Waals surface area contributed by atoms with Gasteiger partial charge in [0.1, 0.15) is 5.75 Å². The van der Waals surface area contributed by atoms with Crippen LogP contribution in [0.3, 0.4) is 0 Å². The van der Waals surface area contributed by atoms with E-state index in [-0.39, 0.29) is 12.0 Å². The van der Waals surface area contributed by atoms with Crippen LogP contribution < -0.4 is 10.5 Å². The molecule has 1 aliphatic heterocycles. The number of aryl methyl sites for hydroxylation is 1. The highest BCUT2D eigenvalue weighted by Crippen LogP contribution is 2.35. The average molecular weight is 260 g/mol. The Labute approximate surface area is 111 Å². The maximum atomic E-state index is 6.32. The van der Waals surface area contributed by atoms with Gasteiger partial charge in [0.05, 0.1) is 11.6 Å². The van der Waals surface area contributed by atoms with Crippen LogP contribution in [0, 0.1) is 6.92 Å². The third-order valence-electron chi connectivity index (χ3n) is 3.33. The monoisotopic (exact) mass is 260 g/mol. The first kappa shape index (κ1) is 11.7. The molecule has 0 radical (unpaired) electrons. The summed E-state index contributed by atoms with van der Waals surface area (Å²) in [7, 11) is 0. The van der Waals surface area contributed by atoms with E-state index in [1.54, 1.807) is 11.3 Å². The fourth-order valence-corrected chi connectivity index (χ4v) is 3.23. The van der Waals surface area contributed by atoms with Crippen molar-refractivity contribution in [2.45, 2.75) is 25.3 Å². The Bertz CT molecular complexity index is 552. The highest BCUT2D eigenvalue weighted by Gasteiger charge is 2.29. The second-order valence-electron chi connectivity index (χ2n) is 4.71. The van der Waals surface area contributed by atoms with Gasteiger partial charge in [0.2, 0.25) is 0 Å². The molecule has 94 valence electrons. The van der Waals surface area contributed by atoms with Crippen molar-refractivity contribution in [2.75, 3.05) is 6.61 Å². The Morgan fingerprint density at radius 1 is 1.50 bits per heavy atom. The Hall–Kier alpha value is -1.39. The number of nitrogens with two attached hydrogens (primary N) is 1. The first-order valence-electron chi connectivity index (χ1n) is 6.12. The number of fused-ring (bicyclic) bond motifs is 1. The van der Waals surface area contributed by atoms with Crippen molar-refractivity contribution in [2.24, 2.45) is 5.73 Å². The molecule has 0 saturated heterocycles.